The fourth-order valence-electron chi connectivity index (χ4n) is 1.86. The van der Waals surface area contributed by atoms with Gasteiger partial charge in [-0.25, -0.2) is 9.50 Å². The Morgan fingerprint density at radius 2 is 2.18 bits per heavy atom. The molecule has 0 aliphatic heterocycles. The molecule has 2 N–H and O–H groups in total. The van der Waals surface area contributed by atoms with Gasteiger partial charge in [-0.1, -0.05) is 0 Å². The summed E-state index contributed by atoms with van der Waals surface area (Å²) in [5.74, 6) is 0.446. The Morgan fingerprint density at radius 3 is 2.88 bits per heavy atom. The van der Waals surface area contributed by atoms with Crippen LogP contribution in [0.1, 0.15) is 0 Å². The number of aryl methyl sites for hydroxylation is 1. The van der Waals surface area contributed by atoms with E-state index in [0.29, 0.717) is 5.82 Å². The van der Waals surface area contributed by atoms with E-state index in [0.717, 1.165) is 21.4 Å². The minimum absolute atomic E-state index is 0.446. The van der Waals surface area contributed by atoms with E-state index in [-0.39, 0.29) is 0 Å². The standard InChI is InChI=1S/C10H9BrN6/c1-16-7(2-3-14-16)6-4-8(11)17-9(6)10(12)13-5-15-17/h2-5H,1H3,(H2,12,13,15). The molecule has 7 heteroatoms. The first-order valence-electron chi connectivity index (χ1n) is 4.94. The monoisotopic (exact) mass is 292 g/mol. The van der Waals surface area contributed by atoms with Gasteiger partial charge in [0, 0.05) is 18.8 Å². The van der Waals surface area contributed by atoms with Gasteiger partial charge >= 0.3 is 0 Å². The van der Waals surface area contributed by atoms with Crippen LogP contribution in [0.5, 0.6) is 0 Å². The number of anilines is 1. The summed E-state index contributed by atoms with van der Waals surface area (Å²) >= 11 is 3.45. The van der Waals surface area contributed by atoms with Crippen LogP contribution >= 0.6 is 15.9 Å². The Morgan fingerprint density at radius 1 is 1.35 bits per heavy atom. The van der Waals surface area contributed by atoms with Crippen molar-refractivity contribution in [3.8, 4) is 11.3 Å². The third kappa shape index (κ3) is 1.42. The Balaban J connectivity index is 2.42. The molecule has 6 nitrogen and oxygen atoms in total. The first kappa shape index (κ1) is 10.3. The highest BCUT2D eigenvalue weighted by Crippen LogP contribution is 2.31. The van der Waals surface area contributed by atoms with Gasteiger partial charge in [0.25, 0.3) is 0 Å². The van der Waals surface area contributed by atoms with Crippen molar-refractivity contribution in [2.24, 2.45) is 7.05 Å². The second-order valence-corrected chi connectivity index (χ2v) is 4.44. The Labute approximate surface area is 105 Å². The van der Waals surface area contributed by atoms with Crippen LogP contribution < -0.4 is 5.73 Å². The van der Waals surface area contributed by atoms with Crippen LogP contribution in [-0.2, 0) is 7.05 Å². The minimum Gasteiger partial charge on any atom is -0.382 e. The molecule has 3 heterocycles. The van der Waals surface area contributed by atoms with Crippen molar-refractivity contribution in [1.82, 2.24) is 24.4 Å². The highest BCUT2D eigenvalue weighted by atomic mass is 79.9. The molecule has 0 bridgehead atoms. The van der Waals surface area contributed by atoms with Crippen molar-refractivity contribution in [2.75, 3.05) is 5.73 Å². The fraction of sp³-hybridized carbons (Fsp3) is 0.100. The SMILES string of the molecule is Cn1nccc1-c1cc(Br)n2ncnc(N)c12. The molecule has 0 radical (unpaired) electrons. The lowest BCUT2D eigenvalue weighted by Gasteiger charge is -2.02. The largest absolute Gasteiger partial charge is 0.382 e. The zero-order valence-corrected chi connectivity index (χ0v) is 10.6. The maximum absolute atomic E-state index is 5.90. The number of hydrogen-bond donors (Lipinski definition) is 1. The van der Waals surface area contributed by atoms with E-state index in [4.69, 9.17) is 5.73 Å². The molecule has 3 rings (SSSR count). The van der Waals surface area contributed by atoms with E-state index in [2.05, 4.69) is 31.1 Å². The van der Waals surface area contributed by atoms with Crippen LogP contribution in [0.15, 0.2) is 29.3 Å². The molecule has 86 valence electrons. The Hall–Kier alpha value is -1.89. The second-order valence-electron chi connectivity index (χ2n) is 3.63. The van der Waals surface area contributed by atoms with Gasteiger partial charge in [0.05, 0.1) is 5.69 Å². The number of rotatable bonds is 1. The summed E-state index contributed by atoms with van der Waals surface area (Å²) in [4.78, 5) is 4.02. The van der Waals surface area contributed by atoms with Crippen molar-refractivity contribution < 1.29 is 0 Å². The van der Waals surface area contributed by atoms with Gasteiger partial charge in [-0.2, -0.15) is 10.2 Å². The predicted octanol–water partition coefficient (Wildman–Crippen LogP) is 1.47. The van der Waals surface area contributed by atoms with Crippen molar-refractivity contribution in [1.29, 1.82) is 0 Å². The van der Waals surface area contributed by atoms with E-state index < -0.39 is 0 Å². The number of nitrogens with two attached hydrogens (primary N) is 1. The van der Waals surface area contributed by atoms with Gasteiger partial charge in [0.2, 0.25) is 0 Å². The lowest BCUT2D eigenvalue weighted by atomic mass is 10.2. The highest BCUT2D eigenvalue weighted by Gasteiger charge is 2.15. The fourth-order valence-corrected chi connectivity index (χ4v) is 2.36. The number of nitrogens with zero attached hydrogens (tertiary/aromatic N) is 5. The summed E-state index contributed by atoms with van der Waals surface area (Å²) in [6, 6.07) is 3.88. The molecule has 0 aliphatic rings. The lowest BCUT2D eigenvalue weighted by molar-refractivity contribution is 0.776. The van der Waals surface area contributed by atoms with Crippen LogP contribution in [-0.4, -0.2) is 24.4 Å². The molecular formula is C10H9BrN6. The number of hydrogen-bond acceptors (Lipinski definition) is 4. The molecule has 17 heavy (non-hydrogen) atoms. The molecule has 3 aromatic heterocycles. The number of nitrogen functional groups attached to an aromatic ring is 1. The molecule has 0 amide bonds. The summed E-state index contributed by atoms with van der Waals surface area (Å²) < 4.78 is 4.33. The second kappa shape index (κ2) is 3.56. The normalized spacial score (nSPS) is 11.2. The Kier molecular flexibility index (Phi) is 2.15. The number of fused-ring (bicyclic) bond motifs is 1. The summed E-state index contributed by atoms with van der Waals surface area (Å²) in [7, 11) is 1.88. The van der Waals surface area contributed by atoms with Crippen LogP contribution in [0.3, 0.4) is 0 Å². The van der Waals surface area contributed by atoms with Gasteiger partial charge in [0.1, 0.15) is 16.4 Å². The van der Waals surface area contributed by atoms with E-state index in [1.54, 1.807) is 15.4 Å². The van der Waals surface area contributed by atoms with Crippen LogP contribution in [0.4, 0.5) is 5.82 Å². The van der Waals surface area contributed by atoms with E-state index in [1.807, 2.05) is 19.2 Å². The predicted molar refractivity (Wildman–Crippen MR) is 67.3 cm³/mol. The molecule has 0 aliphatic carbocycles. The maximum Gasteiger partial charge on any atom is 0.152 e. The summed E-state index contributed by atoms with van der Waals surface area (Å²) in [5, 5.41) is 8.30. The van der Waals surface area contributed by atoms with Gasteiger partial charge in [-0.15, -0.1) is 0 Å². The molecule has 0 saturated heterocycles. The molecule has 0 saturated carbocycles. The van der Waals surface area contributed by atoms with Gasteiger partial charge in [-0.3, -0.25) is 4.68 Å². The van der Waals surface area contributed by atoms with Crippen LogP contribution in [0.25, 0.3) is 16.8 Å². The molecule has 0 unspecified atom stereocenters. The molecule has 0 aromatic carbocycles. The molecule has 0 atom stereocenters. The van der Waals surface area contributed by atoms with Crippen molar-refractivity contribution in [3.05, 3.63) is 29.3 Å². The van der Waals surface area contributed by atoms with Crippen LogP contribution in [0, 0.1) is 0 Å². The first-order valence-corrected chi connectivity index (χ1v) is 5.74. The average molecular weight is 293 g/mol. The van der Waals surface area contributed by atoms with Crippen molar-refractivity contribution >= 4 is 27.3 Å². The third-order valence-electron chi connectivity index (χ3n) is 2.64. The van der Waals surface area contributed by atoms with Crippen LogP contribution in [0.2, 0.25) is 0 Å². The smallest absolute Gasteiger partial charge is 0.152 e. The zero-order valence-electron chi connectivity index (χ0n) is 9.00. The quantitative estimate of drug-likeness (QED) is 0.737. The topological polar surface area (TPSA) is 74.0 Å². The summed E-state index contributed by atoms with van der Waals surface area (Å²) in [5.41, 5.74) is 8.61. The maximum atomic E-state index is 5.90. The third-order valence-corrected chi connectivity index (χ3v) is 3.20. The van der Waals surface area contributed by atoms with Gasteiger partial charge < -0.3 is 5.73 Å². The molecule has 0 spiro atoms. The highest BCUT2D eigenvalue weighted by molar-refractivity contribution is 9.10. The average Bonchev–Trinajstić information content (AvgIpc) is 2.85. The zero-order chi connectivity index (χ0) is 12.0. The van der Waals surface area contributed by atoms with E-state index in [1.165, 1.54) is 6.33 Å². The lowest BCUT2D eigenvalue weighted by Crippen LogP contribution is -2.00. The molecular weight excluding hydrogens is 284 g/mol. The molecule has 3 aromatic rings. The first-order chi connectivity index (χ1) is 8.18. The van der Waals surface area contributed by atoms with E-state index in [9.17, 15) is 0 Å². The van der Waals surface area contributed by atoms with Gasteiger partial charge in [0.15, 0.2) is 5.82 Å². The minimum atomic E-state index is 0.446. The Bertz CT molecular complexity index is 698. The number of halogens is 1. The van der Waals surface area contributed by atoms with Crippen molar-refractivity contribution in [3.63, 3.8) is 0 Å². The number of aromatic nitrogens is 5. The van der Waals surface area contributed by atoms with Gasteiger partial charge in [-0.05, 0) is 28.1 Å². The van der Waals surface area contributed by atoms with Crippen molar-refractivity contribution in [2.45, 2.75) is 0 Å². The summed E-state index contributed by atoms with van der Waals surface area (Å²) in [6.07, 6.45) is 3.17. The molecule has 0 fully saturated rings. The summed E-state index contributed by atoms with van der Waals surface area (Å²) in [6.45, 7) is 0. The van der Waals surface area contributed by atoms with E-state index >= 15 is 0 Å².